The largest absolute Gasteiger partial charge is 0.355 e. The number of aromatic nitrogens is 1. The number of nitrogens with zero attached hydrogens (tertiary/aromatic N) is 1. The van der Waals surface area contributed by atoms with Gasteiger partial charge in [-0.25, -0.2) is 4.98 Å². The predicted molar refractivity (Wildman–Crippen MR) is 90.7 cm³/mol. The van der Waals surface area contributed by atoms with Crippen LogP contribution in [-0.2, 0) is 16.6 Å². The molecule has 22 heavy (non-hydrogen) atoms. The number of rotatable bonds is 5. The molecule has 1 aromatic heterocycles. The molecule has 3 rings (SSSR count). The molecule has 1 amide bonds. The molecule has 0 bridgehead atoms. The Hall–Kier alpha value is -1.39. The van der Waals surface area contributed by atoms with Gasteiger partial charge in [-0.1, -0.05) is 23.7 Å². The number of thiazole rings is 1. The SMILES string of the molecule is Cc1nc(C)c(CCNC(=O)C2(c3cccc(Cl)c3)CC2)s1. The third kappa shape index (κ3) is 3.03. The van der Waals surface area contributed by atoms with E-state index in [9.17, 15) is 4.79 Å². The molecule has 0 radical (unpaired) electrons. The summed E-state index contributed by atoms with van der Waals surface area (Å²) in [6.07, 6.45) is 2.64. The topological polar surface area (TPSA) is 42.0 Å². The number of carbonyl (C=O) groups excluding carboxylic acids is 1. The Kier molecular flexibility index (Phi) is 4.24. The van der Waals surface area contributed by atoms with E-state index in [1.54, 1.807) is 11.3 Å². The number of nitrogens with one attached hydrogen (secondary N) is 1. The monoisotopic (exact) mass is 334 g/mol. The summed E-state index contributed by atoms with van der Waals surface area (Å²) in [4.78, 5) is 18.2. The lowest BCUT2D eigenvalue weighted by atomic mass is 9.95. The summed E-state index contributed by atoms with van der Waals surface area (Å²) >= 11 is 7.76. The summed E-state index contributed by atoms with van der Waals surface area (Å²) in [5.74, 6) is 0.119. The van der Waals surface area contributed by atoms with Crippen molar-refractivity contribution in [1.29, 1.82) is 0 Å². The summed E-state index contributed by atoms with van der Waals surface area (Å²) < 4.78 is 0. The maximum Gasteiger partial charge on any atom is 0.230 e. The zero-order valence-electron chi connectivity index (χ0n) is 12.8. The van der Waals surface area contributed by atoms with Crippen LogP contribution in [0.4, 0.5) is 0 Å². The van der Waals surface area contributed by atoms with Crippen molar-refractivity contribution in [3.05, 3.63) is 50.4 Å². The molecule has 2 aromatic rings. The average Bonchev–Trinajstić information content (AvgIpc) is 3.21. The first kappa shape index (κ1) is 15.5. The van der Waals surface area contributed by atoms with E-state index >= 15 is 0 Å². The maximum atomic E-state index is 12.6. The fourth-order valence-electron chi connectivity index (χ4n) is 2.82. The highest BCUT2D eigenvalue weighted by Gasteiger charge is 2.51. The van der Waals surface area contributed by atoms with Crippen molar-refractivity contribution in [2.75, 3.05) is 6.54 Å². The van der Waals surface area contributed by atoms with Crippen molar-refractivity contribution in [1.82, 2.24) is 10.3 Å². The molecule has 1 aliphatic carbocycles. The van der Waals surface area contributed by atoms with E-state index < -0.39 is 0 Å². The first-order chi connectivity index (χ1) is 10.5. The molecule has 1 aromatic carbocycles. The Morgan fingerprint density at radius 2 is 2.18 bits per heavy atom. The minimum absolute atomic E-state index is 0.119. The molecule has 1 aliphatic rings. The van der Waals surface area contributed by atoms with E-state index in [2.05, 4.69) is 10.3 Å². The quantitative estimate of drug-likeness (QED) is 0.903. The zero-order valence-corrected chi connectivity index (χ0v) is 14.4. The van der Waals surface area contributed by atoms with Crippen molar-refractivity contribution < 1.29 is 4.79 Å². The summed E-state index contributed by atoms with van der Waals surface area (Å²) in [7, 11) is 0. The van der Waals surface area contributed by atoms with Crippen LogP contribution in [0.25, 0.3) is 0 Å². The van der Waals surface area contributed by atoms with Crippen molar-refractivity contribution in [2.24, 2.45) is 0 Å². The van der Waals surface area contributed by atoms with E-state index in [0.29, 0.717) is 11.6 Å². The molecule has 0 saturated heterocycles. The molecule has 3 nitrogen and oxygen atoms in total. The van der Waals surface area contributed by atoms with Crippen LogP contribution in [0.2, 0.25) is 5.02 Å². The molecule has 0 unspecified atom stereocenters. The second-order valence-corrected chi connectivity index (χ2v) is 7.56. The Bertz CT molecular complexity index is 706. The van der Waals surface area contributed by atoms with Crippen molar-refractivity contribution in [3.8, 4) is 0 Å². The van der Waals surface area contributed by atoms with Crippen molar-refractivity contribution >= 4 is 28.8 Å². The van der Waals surface area contributed by atoms with E-state index in [1.165, 1.54) is 4.88 Å². The number of aryl methyl sites for hydroxylation is 2. The van der Waals surface area contributed by atoms with Gasteiger partial charge < -0.3 is 5.32 Å². The highest BCUT2D eigenvalue weighted by atomic mass is 35.5. The Balaban J connectivity index is 1.61. The maximum absolute atomic E-state index is 12.6. The van der Waals surface area contributed by atoms with Crippen LogP contribution < -0.4 is 5.32 Å². The smallest absolute Gasteiger partial charge is 0.230 e. The molecule has 0 aliphatic heterocycles. The van der Waals surface area contributed by atoms with Gasteiger partial charge in [0.1, 0.15) is 0 Å². The fourth-order valence-corrected chi connectivity index (χ4v) is 3.95. The van der Waals surface area contributed by atoms with Crippen LogP contribution in [-0.4, -0.2) is 17.4 Å². The number of hydrogen-bond donors (Lipinski definition) is 1. The molecular weight excluding hydrogens is 316 g/mol. The van der Waals surface area contributed by atoms with Crippen LogP contribution >= 0.6 is 22.9 Å². The molecule has 0 spiro atoms. The minimum Gasteiger partial charge on any atom is -0.355 e. The van der Waals surface area contributed by atoms with E-state index in [0.717, 1.165) is 35.5 Å². The molecule has 1 N–H and O–H groups in total. The zero-order chi connectivity index (χ0) is 15.7. The highest BCUT2D eigenvalue weighted by molar-refractivity contribution is 7.11. The van der Waals surface area contributed by atoms with Gasteiger partial charge in [0.15, 0.2) is 0 Å². The van der Waals surface area contributed by atoms with Crippen molar-refractivity contribution in [3.63, 3.8) is 0 Å². The van der Waals surface area contributed by atoms with Gasteiger partial charge in [-0.15, -0.1) is 11.3 Å². The lowest BCUT2D eigenvalue weighted by Crippen LogP contribution is -2.35. The van der Waals surface area contributed by atoms with Crippen LogP contribution in [0.1, 0.15) is 34.0 Å². The summed E-state index contributed by atoms with van der Waals surface area (Å²) in [6, 6.07) is 7.66. The molecule has 0 atom stereocenters. The van der Waals surface area contributed by atoms with Gasteiger partial charge in [0, 0.05) is 22.9 Å². The third-order valence-electron chi connectivity index (χ3n) is 4.20. The lowest BCUT2D eigenvalue weighted by Gasteiger charge is -2.16. The standard InChI is InChI=1S/C17H19ClN2OS/c1-11-15(22-12(2)20-11)6-9-19-16(21)17(7-8-17)13-4-3-5-14(18)10-13/h3-5,10H,6-9H2,1-2H3,(H,19,21). The fraction of sp³-hybridized carbons (Fsp3) is 0.412. The summed E-state index contributed by atoms with van der Waals surface area (Å²) in [5.41, 5.74) is 1.75. The number of benzene rings is 1. The predicted octanol–water partition coefficient (Wildman–Crippen LogP) is 3.80. The molecule has 5 heteroatoms. The second-order valence-electron chi connectivity index (χ2n) is 5.84. The highest BCUT2D eigenvalue weighted by Crippen LogP contribution is 2.48. The van der Waals surface area contributed by atoms with Gasteiger partial charge in [-0.05, 0) is 44.4 Å². The Morgan fingerprint density at radius 3 is 2.77 bits per heavy atom. The van der Waals surface area contributed by atoms with E-state index in [1.807, 2.05) is 38.1 Å². The normalized spacial score (nSPS) is 15.6. The van der Waals surface area contributed by atoms with Gasteiger partial charge in [-0.3, -0.25) is 4.79 Å². The second kappa shape index (κ2) is 6.01. The molecule has 1 saturated carbocycles. The average molecular weight is 335 g/mol. The summed E-state index contributed by atoms with van der Waals surface area (Å²) in [5, 5.41) is 4.85. The molecule has 1 fully saturated rings. The van der Waals surface area contributed by atoms with E-state index in [4.69, 9.17) is 11.6 Å². The lowest BCUT2D eigenvalue weighted by molar-refractivity contribution is -0.123. The first-order valence-electron chi connectivity index (χ1n) is 7.48. The number of hydrogen-bond acceptors (Lipinski definition) is 3. The van der Waals surface area contributed by atoms with Crippen LogP contribution in [0.3, 0.4) is 0 Å². The van der Waals surface area contributed by atoms with Gasteiger partial charge in [0.05, 0.1) is 16.1 Å². The van der Waals surface area contributed by atoms with Crippen LogP contribution in [0, 0.1) is 13.8 Å². The minimum atomic E-state index is -0.358. The van der Waals surface area contributed by atoms with Crippen LogP contribution in [0.5, 0.6) is 0 Å². The number of amides is 1. The van der Waals surface area contributed by atoms with Gasteiger partial charge in [-0.2, -0.15) is 0 Å². The first-order valence-corrected chi connectivity index (χ1v) is 8.68. The van der Waals surface area contributed by atoms with Gasteiger partial charge >= 0.3 is 0 Å². The molecule has 116 valence electrons. The third-order valence-corrected chi connectivity index (χ3v) is 5.57. The van der Waals surface area contributed by atoms with E-state index in [-0.39, 0.29) is 11.3 Å². The Labute approximate surface area is 139 Å². The molecule has 1 heterocycles. The van der Waals surface area contributed by atoms with Gasteiger partial charge in [0.2, 0.25) is 5.91 Å². The molecular formula is C17H19ClN2OS. The summed E-state index contributed by atoms with van der Waals surface area (Å²) in [6.45, 7) is 4.69. The number of halogens is 1. The van der Waals surface area contributed by atoms with Crippen molar-refractivity contribution in [2.45, 2.75) is 38.5 Å². The van der Waals surface area contributed by atoms with Crippen LogP contribution in [0.15, 0.2) is 24.3 Å². The Morgan fingerprint density at radius 1 is 1.41 bits per heavy atom. The number of carbonyl (C=O) groups is 1. The van der Waals surface area contributed by atoms with Gasteiger partial charge in [0.25, 0.3) is 0 Å².